The minimum Gasteiger partial charge on any atom is -0.457 e. The molecule has 2 amide bonds. The number of aryl methyl sites for hydroxylation is 1. The molecule has 1 N–H and O–H groups in total. The summed E-state index contributed by atoms with van der Waals surface area (Å²) in [5, 5.41) is 2.66. The lowest BCUT2D eigenvalue weighted by Crippen LogP contribution is -2.53. The van der Waals surface area contributed by atoms with E-state index in [0.717, 1.165) is 16.7 Å². The number of thiocarbonyl (C=S) groups is 1. The fourth-order valence-corrected chi connectivity index (χ4v) is 3.41. The van der Waals surface area contributed by atoms with Gasteiger partial charge in [-0.3, -0.25) is 19.8 Å². The van der Waals surface area contributed by atoms with Crippen LogP contribution in [0.15, 0.2) is 82.8 Å². The van der Waals surface area contributed by atoms with E-state index in [-0.39, 0.29) is 17.2 Å². The van der Waals surface area contributed by atoms with Gasteiger partial charge in [0.25, 0.3) is 11.8 Å². The Hall–Kier alpha value is -3.77. The van der Waals surface area contributed by atoms with Gasteiger partial charge in [0.05, 0.1) is 0 Å². The van der Waals surface area contributed by atoms with Gasteiger partial charge >= 0.3 is 0 Å². The van der Waals surface area contributed by atoms with Crippen molar-refractivity contribution in [3.05, 3.63) is 95.3 Å². The molecule has 0 radical (unpaired) electrons. The minimum atomic E-state index is -0.536. The Morgan fingerprint density at radius 2 is 1.74 bits per heavy atom. The summed E-state index contributed by atoms with van der Waals surface area (Å²) in [5.41, 5.74) is 3.06. The van der Waals surface area contributed by atoms with E-state index in [1.807, 2.05) is 79.7 Å². The molecule has 1 saturated heterocycles. The highest BCUT2D eigenvalue weighted by Gasteiger charge is 2.33. The van der Waals surface area contributed by atoms with Gasteiger partial charge in [-0.15, -0.1) is 0 Å². The Bertz CT molecular complexity index is 1190. The van der Waals surface area contributed by atoms with Gasteiger partial charge in [-0.25, -0.2) is 0 Å². The summed E-state index contributed by atoms with van der Waals surface area (Å²) in [6, 6.07) is 21.2. The molecule has 0 bridgehead atoms. The lowest BCUT2D eigenvalue weighted by molar-refractivity contribution is -0.128. The molecule has 6 heteroatoms. The third-order valence-corrected chi connectivity index (χ3v) is 5.16. The Morgan fingerprint density at radius 1 is 1.00 bits per heavy atom. The number of carbonyl (C=O) groups excluding carboxylic acids is 2. The monoisotopic (exact) mass is 428 g/mol. The van der Waals surface area contributed by atoms with Crippen molar-refractivity contribution >= 4 is 41.3 Å². The average Bonchev–Trinajstić information content (AvgIpc) is 3.23. The Morgan fingerprint density at radius 3 is 2.48 bits per heavy atom. The Balaban J connectivity index is 1.53. The molecule has 1 fully saturated rings. The molecule has 2 aromatic carbocycles. The second-order valence-electron chi connectivity index (χ2n) is 7.11. The van der Waals surface area contributed by atoms with Gasteiger partial charge < -0.3 is 4.42 Å². The summed E-state index contributed by atoms with van der Waals surface area (Å²) < 4.78 is 5.84. The van der Waals surface area contributed by atoms with Gasteiger partial charge in [0, 0.05) is 12.1 Å². The fraction of sp³-hybridized carbons (Fsp3) is 0.0800. The maximum absolute atomic E-state index is 12.9. The lowest BCUT2D eigenvalue weighted by atomic mass is 10.1. The van der Waals surface area contributed by atoms with E-state index in [9.17, 15) is 9.59 Å². The summed E-state index contributed by atoms with van der Waals surface area (Å²) in [7, 11) is 0. The van der Waals surface area contributed by atoms with E-state index >= 15 is 0 Å². The van der Waals surface area contributed by atoms with E-state index < -0.39 is 11.8 Å². The molecule has 154 valence electrons. The Labute approximate surface area is 185 Å². The molecule has 1 aliphatic heterocycles. The molecule has 5 nitrogen and oxygen atoms in total. The summed E-state index contributed by atoms with van der Waals surface area (Å²) in [6.45, 7) is 2.26. The molecular formula is C25H20N2O3S. The number of furan rings is 1. The summed E-state index contributed by atoms with van der Waals surface area (Å²) in [5.74, 6) is 0.0849. The smallest absolute Gasteiger partial charge is 0.266 e. The maximum Gasteiger partial charge on any atom is 0.266 e. The SMILES string of the molecule is Cc1ccc(-c2ccc(C=C3C(=O)NC(=S)N(C/C=C/c4ccccc4)C3=O)o2)cc1. The Kier molecular flexibility index (Phi) is 5.91. The second kappa shape index (κ2) is 8.93. The molecule has 3 aromatic rings. The van der Waals surface area contributed by atoms with Crippen LogP contribution in [0.5, 0.6) is 0 Å². The van der Waals surface area contributed by atoms with Crippen LogP contribution in [0.3, 0.4) is 0 Å². The predicted octanol–water partition coefficient (Wildman–Crippen LogP) is 4.60. The highest BCUT2D eigenvalue weighted by atomic mass is 32.1. The molecule has 0 saturated carbocycles. The van der Waals surface area contributed by atoms with Crippen LogP contribution >= 0.6 is 12.2 Å². The quantitative estimate of drug-likeness (QED) is 0.367. The number of nitrogens with zero attached hydrogens (tertiary/aromatic N) is 1. The summed E-state index contributed by atoms with van der Waals surface area (Å²) in [4.78, 5) is 26.7. The van der Waals surface area contributed by atoms with Gasteiger partial charge in [-0.05, 0) is 42.9 Å². The third kappa shape index (κ3) is 4.70. The zero-order valence-electron chi connectivity index (χ0n) is 16.9. The van der Waals surface area contributed by atoms with Gasteiger partial charge in [-0.2, -0.15) is 0 Å². The molecule has 31 heavy (non-hydrogen) atoms. The number of rotatable bonds is 5. The average molecular weight is 429 g/mol. The van der Waals surface area contributed by atoms with E-state index in [0.29, 0.717) is 11.5 Å². The van der Waals surface area contributed by atoms with E-state index in [1.165, 1.54) is 11.0 Å². The van der Waals surface area contributed by atoms with Gasteiger partial charge in [0.2, 0.25) is 0 Å². The van der Waals surface area contributed by atoms with Crippen molar-refractivity contribution in [3.63, 3.8) is 0 Å². The first kappa shape index (κ1) is 20.5. The first-order chi connectivity index (χ1) is 15.0. The van der Waals surface area contributed by atoms with Gasteiger partial charge in [0.1, 0.15) is 17.1 Å². The van der Waals surface area contributed by atoms with Crippen LogP contribution in [-0.2, 0) is 9.59 Å². The normalized spacial score (nSPS) is 15.7. The molecule has 2 heterocycles. The molecule has 0 atom stereocenters. The van der Waals surface area contributed by atoms with Crippen molar-refractivity contribution in [2.75, 3.05) is 6.54 Å². The third-order valence-electron chi connectivity index (χ3n) is 4.83. The van der Waals surface area contributed by atoms with Crippen LogP contribution in [0, 0.1) is 6.92 Å². The van der Waals surface area contributed by atoms with Crippen LogP contribution in [-0.4, -0.2) is 28.4 Å². The minimum absolute atomic E-state index is 0.0217. The van der Waals surface area contributed by atoms with Crippen molar-refractivity contribution in [1.29, 1.82) is 0 Å². The molecule has 0 spiro atoms. The first-order valence-corrected chi connectivity index (χ1v) is 10.2. The number of carbonyl (C=O) groups is 2. The zero-order valence-corrected chi connectivity index (χ0v) is 17.7. The molecule has 1 aliphatic rings. The van der Waals surface area contributed by atoms with Crippen LogP contribution in [0.25, 0.3) is 23.5 Å². The first-order valence-electron chi connectivity index (χ1n) is 9.78. The number of benzene rings is 2. The summed E-state index contributed by atoms with van der Waals surface area (Å²) in [6.07, 6.45) is 5.18. The zero-order chi connectivity index (χ0) is 21.8. The molecule has 0 unspecified atom stereocenters. The highest BCUT2D eigenvalue weighted by molar-refractivity contribution is 7.80. The lowest BCUT2D eigenvalue weighted by Gasteiger charge is -2.27. The van der Waals surface area contributed by atoms with Crippen molar-refractivity contribution in [2.45, 2.75) is 6.92 Å². The fourth-order valence-electron chi connectivity index (χ4n) is 3.16. The molecule has 1 aromatic heterocycles. The van der Waals surface area contributed by atoms with Crippen LogP contribution in [0.1, 0.15) is 16.9 Å². The largest absolute Gasteiger partial charge is 0.457 e. The van der Waals surface area contributed by atoms with E-state index in [4.69, 9.17) is 16.6 Å². The number of hydrogen-bond donors (Lipinski definition) is 1. The van der Waals surface area contributed by atoms with Crippen molar-refractivity contribution in [3.8, 4) is 11.3 Å². The van der Waals surface area contributed by atoms with Crippen molar-refractivity contribution in [2.24, 2.45) is 0 Å². The standard InChI is InChI=1S/C25H20N2O3S/c1-17-9-11-19(12-10-17)22-14-13-20(30-22)16-21-23(28)26-25(31)27(24(21)29)15-5-8-18-6-3-2-4-7-18/h2-14,16H,15H2,1H3,(H,26,28,31)/b8-5+,21-16?. The van der Waals surface area contributed by atoms with Crippen LogP contribution < -0.4 is 5.32 Å². The second-order valence-corrected chi connectivity index (χ2v) is 7.50. The van der Waals surface area contributed by atoms with Gasteiger partial charge in [0.15, 0.2) is 5.11 Å². The summed E-state index contributed by atoms with van der Waals surface area (Å²) >= 11 is 5.20. The van der Waals surface area contributed by atoms with Crippen molar-refractivity contribution < 1.29 is 14.0 Å². The van der Waals surface area contributed by atoms with Crippen LogP contribution in [0.2, 0.25) is 0 Å². The number of amides is 2. The molecule has 4 rings (SSSR count). The van der Waals surface area contributed by atoms with Gasteiger partial charge in [-0.1, -0.05) is 72.3 Å². The van der Waals surface area contributed by atoms with E-state index in [1.54, 1.807) is 6.07 Å². The number of nitrogens with one attached hydrogen (secondary N) is 1. The topological polar surface area (TPSA) is 62.6 Å². The molecular weight excluding hydrogens is 408 g/mol. The molecule has 0 aliphatic carbocycles. The highest BCUT2D eigenvalue weighted by Crippen LogP contribution is 2.24. The number of hydrogen-bond acceptors (Lipinski definition) is 4. The van der Waals surface area contributed by atoms with Crippen molar-refractivity contribution in [1.82, 2.24) is 10.2 Å². The predicted molar refractivity (Wildman–Crippen MR) is 125 cm³/mol. The van der Waals surface area contributed by atoms with Crippen LogP contribution in [0.4, 0.5) is 0 Å². The maximum atomic E-state index is 12.9. The van der Waals surface area contributed by atoms with E-state index in [2.05, 4.69) is 5.32 Å².